The number of hydrogen-bond donors (Lipinski definition) is 2. The zero-order valence-corrected chi connectivity index (χ0v) is 15.5. The molecule has 0 saturated heterocycles. The van der Waals surface area contributed by atoms with Gasteiger partial charge in [-0.05, 0) is 46.9 Å². The highest BCUT2D eigenvalue weighted by atomic mass is 32.2. The summed E-state index contributed by atoms with van der Waals surface area (Å²) in [6.07, 6.45) is 1.99. The van der Waals surface area contributed by atoms with E-state index >= 15 is 0 Å². The summed E-state index contributed by atoms with van der Waals surface area (Å²) in [5.74, 6) is 0.417. The van der Waals surface area contributed by atoms with Gasteiger partial charge >= 0.3 is 0 Å². The standard InChI is InChI=1S/C20H26O4S/c1-3-18(12-15(2)19-8-4-16(13-21)5-9-19)20-10-6-17(7-11-20)14-25(22,23)24/h4-11,15,18,21H,3,12-14H2,1-2H3,(H,22,23,24). The van der Waals surface area contributed by atoms with Crippen molar-refractivity contribution in [2.75, 3.05) is 0 Å². The summed E-state index contributed by atoms with van der Waals surface area (Å²) < 4.78 is 30.9. The number of aliphatic hydroxyl groups is 1. The lowest BCUT2D eigenvalue weighted by molar-refractivity contribution is 0.282. The largest absolute Gasteiger partial charge is 0.392 e. The molecule has 0 bridgehead atoms. The minimum absolute atomic E-state index is 0.0577. The van der Waals surface area contributed by atoms with E-state index in [0.29, 0.717) is 17.4 Å². The van der Waals surface area contributed by atoms with Crippen LogP contribution in [0.4, 0.5) is 0 Å². The van der Waals surface area contributed by atoms with Crippen LogP contribution in [0.15, 0.2) is 48.5 Å². The van der Waals surface area contributed by atoms with Crippen LogP contribution in [-0.2, 0) is 22.5 Å². The van der Waals surface area contributed by atoms with E-state index in [9.17, 15) is 8.42 Å². The van der Waals surface area contributed by atoms with Crippen LogP contribution in [0.1, 0.15) is 60.8 Å². The van der Waals surface area contributed by atoms with Crippen LogP contribution in [0, 0.1) is 0 Å². The molecule has 0 saturated carbocycles. The van der Waals surface area contributed by atoms with Crippen molar-refractivity contribution in [3.8, 4) is 0 Å². The monoisotopic (exact) mass is 362 g/mol. The third-order valence-electron chi connectivity index (χ3n) is 4.66. The van der Waals surface area contributed by atoms with Gasteiger partial charge in [-0.1, -0.05) is 62.4 Å². The summed E-state index contributed by atoms with van der Waals surface area (Å²) in [7, 11) is -3.99. The maximum absolute atomic E-state index is 11.0. The molecular weight excluding hydrogens is 336 g/mol. The van der Waals surface area contributed by atoms with Gasteiger partial charge in [0.25, 0.3) is 10.1 Å². The molecule has 0 aliphatic heterocycles. The van der Waals surface area contributed by atoms with Crippen LogP contribution in [0.5, 0.6) is 0 Å². The first kappa shape index (κ1) is 19.6. The fourth-order valence-corrected chi connectivity index (χ4v) is 3.76. The van der Waals surface area contributed by atoms with E-state index in [2.05, 4.69) is 26.0 Å². The third kappa shape index (κ3) is 5.96. The van der Waals surface area contributed by atoms with Gasteiger partial charge in [0.1, 0.15) is 5.75 Å². The van der Waals surface area contributed by atoms with Gasteiger partial charge in [0.2, 0.25) is 0 Å². The van der Waals surface area contributed by atoms with E-state index in [1.54, 1.807) is 12.1 Å². The van der Waals surface area contributed by atoms with Crippen LogP contribution in [0.25, 0.3) is 0 Å². The fourth-order valence-electron chi connectivity index (χ4n) is 3.15. The van der Waals surface area contributed by atoms with Crippen molar-refractivity contribution in [2.24, 2.45) is 0 Å². The maximum Gasteiger partial charge on any atom is 0.269 e. The predicted molar refractivity (Wildman–Crippen MR) is 100 cm³/mol. The minimum Gasteiger partial charge on any atom is -0.392 e. The van der Waals surface area contributed by atoms with Crippen LogP contribution in [0.2, 0.25) is 0 Å². The number of hydrogen-bond acceptors (Lipinski definition) is 3. The van der Waals surface area contributed by atoms with E-state index in [4.69, 9.17) is 9.66 Å². The summed E-state index contributed by atoms with van der Waals surface area (Å²) in [5.41, 5.74) is 3.94. The van der Waals surface area contributed by atoms with Gasteiger partial charge in [-0.3, -0.25) is 4.55 Å². The second-order valence-electron chi connectivity index (χ2n) is 6.61. The molecule has 2 rings (SSSR count). The Kier molecular flexibility index (Phi) is 6.76. The Labute approximate surface area is 150 Å². The molecule has 0 spiro atoms. The Balaban J connectivity index is 2.07. The molecule has 0 amide bonds. The van der Waals surface area contributed by atoms with Gasteiger partial charge in [0, 0.05) is 0 Å². The zero-order chi connectivity index (χ0) is 18.4. The van der Waals surface area contributed by atoms with Gasteiger partial charge in [-0.2, -0.15) is 8.42 Å². The minimum atomic E-state index is -3.99. The van der Waals surface area contributed by atoms with Crippen LogP contribution >= 0.6 is 0 Å². The molecule has 0 heterocycles. The summed E-state index contributed by atoms with van der Waals surface area (Å²) in [4.78, 5) is 0. The van der Waals surface area contributed by atoms with Gasteiger partial charge in [0.15, 0.2) is 0 Å². The van der Waals surface area contributed by atoms with Crippen LogP contribution in [-0.4, -0.2) is 18.1 Å². The van der Waals surface area contributed by atoms with Crippen molar-refractivity contribution < 1.29 is 18.1 Å². The van der Waals surface area contributed by atoms with E-state index in [-0.39, 0.29) is 12.4 Å². The molecule has 25 heavy (non-hydrogen) atoms. The average Bonchev–Trinajstić information content (AvgIpc) is 2.59. The lowest BCUT2D eigenvalue weighted by Gasteiger charge is -2.21. The first-order valence-electron chi connectivity index (χ1n) is 8.56. The Morgan fingerprint density at radius 3 is 1.92 bits per heavy atom. The first-order chi connectivity index (χ1) is 11.8. The summed E-state index contributed by atoms with van der Waals surface area (Å²) in [6, 6.07) is 15.5. The highest BCUT2D eigenvalue weighted by Gasteiger charge is 2.16. The van der Waals surface area contributed by atoms with Crippen LogP contribution in [0.3, 0.4) is 0 Å². The molecule has 2 unspecified atom stereocenters. The van der Waals surface area contributed by atoms with Gasteiger partial charge in [-0.15, -0.1) is 0 Å². The van der Waals surface area contributed by atoms with Gasteiger partial charge < -0.3 is 5.11 Å². The Hall–Kier alpha value is -1.69. The molecular formula is C20H26O4S. The van der Waals surface area contributed by atoms with E-state index in [1.807, 2.05) is 24.3 Å². The predicted octanol–water partition coefficient (Wildman–Crippen LogP) is 4.25. The third-order valence-corrected chi connectivity index (χ3v) is 5.36. The molecule has 2 aromatic rings. The van der Waals surface area contributed by atoms with Crippen molar-refractivity contribution in [3.05, 3.63) is 70.8 Å². The number of aliphatic hydroxyl groups excluding tert-OH is 1. The molecule has 0 radical (unpaired) electrons. The van der Waals surface area contributed by atoms with Crippen LogP contribution < -0.4 is 0 Å². The van der Waals surface area contributed by atoms with Gasteiger partial charge in [-0.25, -0.2) is 0 Å². The molecule has 0 fully saturated rings. The molecule has 0 aliphatic rings. The molecule has 4 nitrogen and oxygen atoms in total. The number of rotatable bonds is 8. The van der Waals surface area contributed by atoms with Crippen molar-refractivity contribution in [1.29, 1.82) is 0 Å². The van der Waals surface area contributed by atoms with E-state index in [1.165, 1.54) is 11.1 Å². The molecule has 2 atom stereocenters. The highest BCUT2D eigenvalue weighted by Crippen LogP contribution is 2.32. The molecule has 5 heteroatoms. The maximum atomic E-state index is 11.0. The first-order valence-corrected chi connectivity index (χ1v) is 10.2. The van der Waals surface area contributed by atoms with Crippen molar-refractivity contribution in [1.82, 2.24) is 0 Å². The fraction of sp³-hybridized carbons (Fsp3) is 0.400. The topological polar surface area (TPSA) is 74.6 Å². The zero-order valence-electron chi connectivity index (χ0n) is 14.7. The summed E-state index contributed by atoms with van der Waals surface area (Å²) in [6.45, 7) is 4.41. The highest BCUT2D eigenvalue weighted by molar-refractivity contribution is 7.85. The quantitative estimate of drug-likeness (QED) is 0.688. The summed E-state index contributed by atoms with van der Waals surface area (Å²) >= 11 is 0. The average molecular weight is 362 g/mol. The van der Waals surface area contributed by atoms with Crippen molar-refractivity contribution in [3.63, 3.8) is 0 Å². The molecule has 2 aromatic carbocycles. The van der Waals surface area contributed by atoms with Crippen molar-refractivity contribution in [2.45, 2.75) is 50.9 Å². The molecule has 0 aromatic heterocycles. The summed E-state index contributed by atoms with van der Waals surface area (Å²) in [5, 5.41) is 9.14. The SMILES string of the molecule is CCC(CC(C)c1ccc(CO)cc1)c1ccc(CS(=O)(=O)O)cc1. The second kappa shape index (κ2) is 8.61. The Bertz CT molecular complexity index is 764. The lowest BCUT2D eigenvalue weighted by Crippen LogP contribution is -2.05. The van der Waals surface area contributed by atoms with Gasteiger partial charge in [0.05, 0.1) is 6.61 Å². The van der Waals surface area contributed by atoms with E-state index in [0.717, 1.165) is 18.4 Å². The normalized spacial score (nSPS) is 14.2. The molecule has 136 valence electrons. The Morgan fingerprint density at radius 2 is 1.44 bits per heavy atom. The van der Waals surface area contributed by atoms with E-state index < -0.39 is 10.1 Å². The number of benzene rings is 2. The smallest absolute Gasteiger partial charge is 0.269 e. The second-order valence-corrected chi connectivity index (χ2v) is 8.06. The Morgan fingerprint density at radius 1 is 0.920 bits per heavy atom. The lowest BCUT2D eigenvalue weighted by atomic mass is 9.84. The molecule has 2 N–H and O–H groups in total. The van der Waals surface area contributed by atoms with Crippen molar-refractivity contribution >= 4 is 10.1 Å². The molecule has 0 aliphatic carbocycles.